The lowest BCUT2D eigenvalue weighted by Gasteiger charge is -2.11. The van der Waals surface area contributed by atoms with Crippen molar-refractivity contribution in [2.24, 2.45) is 0 Å². The molecule has 0 aliphatic rings. The highest BCUT2D eigenvalue weighted by molar-refractivity contribution is 9.10. The highest BCUT2D eigenvalue weighted by atomic mass is 79.9. The summed E-state index contributed by atoms with van der Waals surface area (Å²) < 4.78 is 5.73. The van der Waals surface area contributed by atoms with E-state index in [1.807, 2.05) is 0 Å². The highest BCUT2D eigenvalue weighted by Crippen LogP contribution is 2.27. The molecule has 0 spiro atoms. The molecule has 2 rings (SSSR count). The molecule has 0 aliphatic carbocycles. The number of amides is 1. The maximum Gasteiger partial charge on any atom is 0.271 e. The van der Waals surface area contributed by atoms with Gasteiger partial charge in [-0.15, -0.1) is 0 Å². The molecule has 0 saturated heterocycles. The summed E-state index contributed by atoms with van der Waals surface area (Å²) >= 11 is 14.3. The largest absolute Gasteiger partial charge is 0.496 e. The fourth-order valence-electron chi connectivity index (χ4n) is 1.86. The van der Waals surface area contributed by atoms with Crippen molar-refractivity contribution in [1.29, 1.82) is 0 Å². The van der Waals surface area contributed by atoms with Gasteiger partial charge in [-0.3, -0.25) is 20.2 Å². The van der Waals surface area contributed by atoms with E-state index in [1.54, 1.807) is 18.2 Å². The third-order valence-electron chi connectivity index (χ3n) is 3.05. The predicted octanol–water partition coefficient (Wildman–Crippen LogP) is 4.15. The van der Waals surface area contributed by atoms with E-state index >= 15 is 0 Å². The summed E-state index contributed by atoms with van der Waals surface area (Å²) in [5, 5.41) is 16.0. The first-order valence-electron chi connectivity index (χ1n) is 6.71. The number of nitro groups is 1. The Bertz CT molecular complexity index is 863. The molecule has 0 atom stereocenters. The van der Waals surface area contributed by atoms with Crippen LogP contribution < -0.4 is 15.4 Å². The van der Waals surface area contributed by atoms with Gasteiger partial charge >= 0.3 is 0 Å². The Morgan fingerprint density at radius 2 is 2.04 bits per heavy atom. The van der Waals surface area contributed by atoms with E-state index in [0.717, 1.165) is 0 Å². The second-order valence-corrected chi connectivity index (χ2v) is 6.35. The Kier molecular flexibility index (Phi) is 6.29. The number of non-ortho nitro benzene ring substituents is 1. The number of carbonyl (C=O) groups excluding carboxylic acids is 1. The Labute approximate surface area is 161 Å². The molecule has 2 N–H and O–H groups in total. The van der Waals surface area contributed by atoms with Crippen LogP contribution in [0.1, 0.15) is 10.4 Å². The molecule has 0 fully saturated rings. The van der Waals surface area contributed by atoms with Crippen LogP contribution in [0.5, 0.6) is 5.75 Å². The molecule has 0 heterocycles. The summed E-state index contributed by atoms with van der Waals surface area (Å²) in [5.74, 6) is 0.161. The van der Waals surface area contributed by atoms with Crippen molar-refractivity contribution in [3.8, 4) is 5.75 Å². The molecule has 0 aromatic heterocycles. The minimum atomic E-state index is -0.558. The molecule has 10 heteroatoms. The van der Waals surface area contributed by atoms with Crippen molar-refractivity contribution in [3.05, 3.63) is 61.6 Å². The molecule has 25 heavy (non-hydrogen) atoms. The molecule has 0 aliphatic heterocycles. The Balaban J connectivity index is 2.06. The fourth-order valence-corrected chi connectivity index (χ4v) is 2.82. The summed E-state index contributed by atoms with van der Waals surface area (Å²) in [6, 6.07) is 8.69. The molecule has 2 aromatic carbocycles. The predicted molar refractivity (Wildman–Crippen MR) is 102 cm³/mol. The average molecular weight is 445 g/mol. The van der Waals surface area contributed by atoms with Crippen molar-refractivity contribution in [2.75, 3.05) is 12.4 Å². The monoisotopic (exact) mass is 443 g/mol. The molecular formula is C15H11BrClN3O4S. The molecule has 7 nitrogen and oxygen atoms in total. The summed E-state index contributed by atoms with van der Waals surface area (Å²) in [4.78, 5) is 22.3. The second-order valence-electron chi connectivity index (χ2n) is 4.68. The lowest BCUT2D eigenvalue weighted by Crippen LogP contribution is -2.34. The molecule has 0 radical (unpaired) electrons. The number of anilines is 1. The zero-order valence-corrected chi connectivity index (χ0v) is 15.9. The fraction of sp³-hybridized carbons (Fsp3) is 0.0667. The lowest BCUT2D eigenvalue weighted by molar-refractivity contribution is -0.384. The van der Waals surface area contributed by atoms with Gasteiger partial charge in [0.1, 0.15) is 5.75 Å². The molecule has 0 saturated carbocycles. The number of methoxy groups -OCH3 is 1. The minimum Gasteiger partial charge on any atom is -0.496 e. The number of rotatable bonds is 4. The van der Waals surface area contributed by atoms with Gasteiger partial charge in [-0.05, 0) is 52.4 Å². The number of carbonyl (C=O) groups is 1. The summed E-state index contributed by atoms with van der Waals surface area (Å²) in [6.45, 7) is 0. The minimum absolute atomic E-state index is 0.00712. The van der Waals surface area contributed by atoms with Gasteiger partial charge in [0.05, 0.1) is 27.2 Å². The van der Waals surface area contributed by atoms with Gasteiger partial charge in [0.15, 0.2) is 5.11 Å². The number of nitro benzene ring substituents is 1. The standard InChI is InChI=1S/C15H11BrClN3O4S/c1-24-13-5-2-8(6-10(13)16)14(21)19-15(25)18-12-4-3-9(20(22)23)7-11(12)17/h2-7H,1H3,(H2,18,19,21,25). The summed E-state index contributed by atoms with van der Waals surface area (Å²) in [7, 11) is 1.52. The SMILES string of the molecule is COc1ccc(C(=O)NC(=S)Nc2ccc([N+](=O)[O-])cc2Cl)cc1Br. The number of benzene rings is 2. The van der Waals surface area contributed by atoms with Crippen molar-refractivity contribution in [1.82, 2.24) is 5.32 Å². The molecule has 130 valence electrons. The van der Waals surface area contributed by atoms with Crippen LogP contribution in [0.3, 0.4) is 0 Å². The van der Waals surface area contributed by atoms with Gasteiger partial charge in [0.2, 0.25) is 0 Å². The molecular weight excluding hydrogens is 434 g/mol. The van der Waals surface area contributed by atoms with Gasteiger partial charge in [0, 0.05) is 17.7 Å². The normalized spacial score (nSPS) is 10.0. The third kappa shape index (κ3) is 4.88. The van der Waals surface area contributed by atoms with Gasteiger partial charge in [-0.25, -0.2) is 0 Å². The van der Waals surface area contributed by atoms with Crippen LogP contribution in [0.25, 0.3) is 0 Å². The van der Waals surface area contributed by atoms with Crippen LogP contribution in [-0.2, 0) is 0 Å². The first kappa shape index (κ1) is 19.1. The van der Waals surface area contributed by atoms with Gasteiger partial charge < -0.3 is 10.1 Å². The smallest absolute Gasteiger partial charge is 0.271 e. The first-order chi connectivity index (χ1) is 11.8. The molecule has 1 amide bonds. The van der Waals surface area contributed by atoms with Crippen LogP contribution in [0.4, 0.5) is 11.4 Å². The van der Waals surface area contributed by atoms with Crippen molar-refractivity contribution in [3.63, 3.8) is 0 Å². The zero-order chi connectivity index (χ0) is 18.6. The van der Waals surface area contributed by atoms with Crippen molar-refractivity contribution >= 4 is 62.1 Å². The van der Waals surface area contributed by atoms with Gasteiger partial charge in [-0.2, -0.15) is 0 Å². The Morgan fingerprint density at radius 1 is 1.32 bits per heavy atom. The molecule has 2 aromatic rings. The Hall–Kier alpha value is -2.23. The number of hydrogen-bond acceptors (Lipinski definition) is 5. The lowest BCUT2D eigenvalue weighted by atomic mass is 10.2. The van der Waals surface area contributed by atoms with E-state index in [2.05, 4.69) is 26.6 Å². The van der Waals surface area contributed by atoms with Gasteiger partial charge in [0.25, 0.3) is 11.6 Å². The van der Waals surface area contributed by atoms with Crippen LogP contribution in [0.15, 0.2) is 40.9 Å². The maximum atomic E-state index is 12.2. The topological polar surface area (TPSA) is 93.5 Å². The van der Waals surface area contributed by atoms with Crippen LogP contribution in [-0.4, -0.2) is 23.1 Å². The zero-order valence-electron chi connectivity index (χ0n) is 12.7. The van der Waals surface area contributed by atoms with E-state index in [4.69, 9.17) is 28.6 Å². The molecule has 0 unspecified atom stereocenters. The number of nitrogens with one attached hydrogen (secondary N) is 2. The van der Waals surface area contributed by atoms with Crippen LogP contribution >= 0.6 is 39.7 Å². The van der Waals surface area contributed by atoms with Gasteiger partial charge in [-0.1, -0.05) is 11.6 Å². The van der Waals surface area contributed by atoms with E-state index in [1.165, 1.54) is 25.3 Å². The summed E-state index contributed by atoms with van der Waals surface area (Å²) in [6.07, 6.45) is 0. The van der Waals surface area contributed by atoms with Crippen LogP contribution in [0, 0.1) is 10.1 Å². The quantitative estimate of drug-likeness (QED) is 0.418. The average Bonchev–Trinajstić information content (AvgIpc) is 2.56. The van der Waals surface area contributed by atoms with Crippen LogP contribution in [0.2, 0.25) is 5.02 Å². The number of hydrogen-bond donors (Lipinski definition) is 2. The second kappa shape index (κ2) is 8.24. The van der Waals surface area contributed by atoms with E-state index in [0.29, 0.717) is 21.5 Å². The number of nitrogens with zero attached hydrogens (tertiary/aromatic N) is 1. The van der Waals surface area contributed by atoms with E-state index < -0.39 is 10.8 Å². The first-order valence-corrected chi connectivity index (χ1v) is 8.29. The van der Waals surface area contributed by atoms with E-state index in [9.17, 15) is 14.9 Å². The van der Waals surface area contributed by atoms with E-state index in [-0.39, 0.29) is 15.8 Å². The van der Waals surface area contributed by atoms with Crippen molar-refractivity contribution in [2.45, 2.75) is 0 Å². The third-order valence-corrected chi connectivity index (χ3v) is 4.19. The number of halogens is 2. The number of ether oxygens (including phenoxy) is 1. The maximum absolute atomic E-state index is 12.2. The highest BCUT2D eigenvalue weighted by Gasteiger charge is 2.13. The molecule has 0 bridgehead atoms. The summed E-state index contributed by atoms with van der Waals surface area (Å²) in [5.41, 5.74) is 0.564. The number of thiocarbonyl (C=S) groups is 1. The Morgan fingerprint density at radius 3 is 2.60 bits per heavy atom. The van der Waals surface area contributed by atoms with Crippen molar-refractivity contribution < 1.29 is 14.5 Å².